The average molecular weight is 382 g/mol. The molecule has 0 spiro atoms. The van der Waals surface area contributed by atoms with Gasteiger partial charge in [0.25, 0.3) is 0 Å². The van der Waals surface area contributed by atoms with E-state index in [0.29, 0.717) is 19.0 Å². The van der Waals surface area contributed by atoms with E-state index in [1.165, 1.54) is 12.1 Å². The highest BCUT2D eigenvalue weighted by atomic mass is 19.4. The highest BCUT2D eigenvalue weighted by Crippen LogP contribution is 2.31. The minimum Gasteiger partial charge on any atom is -0.343 e. The number of benzene rings is 1. The topological polar surface area (TPSA) is 40.6 Å². The highest BCUT2D eigenvalue weighted by Gasteiger charge is 2.34. The number of halogens is 3. The number of carbonyl (C=O) groups excluding carboxylic acids is 2. The number of ketones is 1. The molecule has 0 aliphatic carbocycles. The molecule has 4 nitrogen and oxygen atoms in total. The Bertz CT molecular complexity index is 697. The van der Waals surface area contributed by atoms with Gasteiger partial charge in [0.2, 0.25) is 5.91 Å². The molecule has 0 aromatic heterocycles. The lowest BCUT2D eigenvalue weighted by Gasteiger charge is -2.42. The number of alkyl halides is 3. The van der Waals surface area contributed by atoms with Crippen LogP contribution in [0.3, 0.4) is 0 Å². The number of hydrogen-bond donors (Lipinski definition) is 0. The lowest BCUT2D eigenvalue weighted by atomic mass is 9.88. The van der Waals surface area contributed by atoms with E-state index in [9.17, 15) is 22.8 Å². The molecule has 148 valence electrons. The maximum atomic E-state index is 12.9. The second-order valence-corrected chi connectivity index (χ2v) is 7.51. The van der Waals surface area contributed by atoms with Crippen molar-refractivity contribution in [1.29, 1.82) is 0 Å². The minimum atomic E-state index is -4.44. The van der Waals surface area contributed by atoms with Crippen LogP contribution in [0, 0.1) is 5.92 Å². The molecule has 0 saturated carbocycles. The number of nitrogens with zero attached hydrogens (tertiary/aromatic N) is 2. The summed E-state index contributed by atoms with van der Waals surface area (Å²) in [5.74, 6) is -0.385. The predicted molar refractivity (Wildman–Crippen MR) is 95.3 cm³/mol. The summed E-state index contributed by atoms with van der Waals surface area (Å²) in [6.45, 7) is 4.51. The van der Waals surface area contributed by atoms with Gasteiger partial charge in [-0.25, -0.2) is 0 Å². The van der Waals surface area contributed by atoms with Gasteiger partial charge in [-0.1, -0.05) is 12.1 Å². The molecule has 2 fully saturated rings. The van der Waals surface area contributed by atoms with Gasteiger partial charge in [0.05, 0.1) is 5.56 Å². The zero-order valence-corrected chi connectivity index (χ0v) is 15.5. The Labute approximate surface area is 157 Å². The third-order valence-corrected chi connectivity index (χ3v) is 5.72. The van der Waals surface area contributed by atoms with E-state index in [4.69, 9.17) is 0 Å². The van der Waals surface area contributed by atoms with Crippen LogP contribution in [0.4, 0.5) is 13.2 Å². The van der Waals surface area contributed by atoms with Crippen LogP contribution in [0.2, 0.25) is 0 Å². The molecule has 0 N–H and O–H groups in total. The van der Waals surface area contributed by atoms with Crippen molar-refractivity contribution in [1.82, 2.24) is 9.80 Å². The molecule has 3 rings (SSSR count). The Morgan fingerprint density at radius 2 is 1.78 bits per heavy atom. The Morgan fingerprint density at radius 3 is 2.41 bits per heavy atom. The van der Waals surface area contributed by atoms with Gasteiger partial charge in [-0.15, -0.1) is 0 Å². The minimum absolute atomic E-state index is 0.0877. The number of likely N-dealkylation sites (tertiary alicyclic amines) is 2. The molecule has 27 heavy (non-hydrogen) atoms. The van der Waals surface area contributed by atoms with Crippen molar-refractivity contribution in [3.05, 3.63) is 35.4 Å². The van der Waals surface area contributed by atoms with Gasteiger partial charge in [0, 0.05) is 44.1 Å². The lowest BCUT2D eigenvalue weighted by molar-refractivity contribution is -0.137. The lowest BCUT2D eigenvalue weighted by Crippen LogP contribution is -2.50. The van der Waals surface area contributed by atoms with Crippen LogP contribution in [0.1, 0.15) is 48.5 Å². The normalized spacial score (nSPS) is 22.7. The molecule has 0 radical (unpaired) electrons. The summed E-state index contributed by atoms with van der Waals surface area (Å²) >= 11 is 0. The number of piperidine rings is 2. The fraction of sp³-hybridized carbons (Fsp3) is 0.600. The molecule has 2 saturated heterocycles. The van der Waals surface area contributed by atoms with Crippen molar-refractivity contribution in [2.45, 2.75) is 44.8 Å². The maximum absolute atomic E-state index is 12.9. The quantitative estimate of drug-likeness (QED) is 0.750. The van der Waals surface area contributed by atoms with Crippen LogP contribution in [-0.2, 0) is 11.0 Å². The molecule has 2 aliphatic rings. The fourth-order valence-corrected chi connectivity index (χ4v) is 4.18. The molecule has 1 aromatic carbocycles. The number of hydrogen-bond acceptors (Lipinski definition) is 3. The van der Waals surface area contributed by atoms with Crippen LogP contribution in [0.5, 0.6) is 0 Å². The monoisotopic (exact) mass is 382 g/mol. The zero-order chi connectivity index (χ0) is 19.6. The Morgan fingerprint density at radius 1 is 1.07 bits per heavy atom. The van der Waals surface area contributed by atoms with E-state index < -0.39 is 11.7 Å². The highest BCUT2D eigenvalue weighted by molar-refractivity contribution is 5.98. The summed E-state index contributed by atoms with van der Waals surface area (Å²) in [5, 5.41) is 0. The van der Waals surface area contributed by atoms with Crippen molar-refractivity contribution in [2.75, 3.05) is 26.2 Å². The molecule has 1 amide bonds. The van der Waals surface area contributed by atoms with Gasteiger partial charge in [-0.3, -0.25) is 14.5 Å². The van der Waals surface area contributed by atoms with E-state index >= 15 is 0 Å². The summed E-state index contributed by atoms with van der Waals surface area (Å²) in [5.41, 5.74) is -0.638. The van der Waals surface area contributed by atoms with Crippen molar-refractivity contribution in [3.63, 3.8) is 0 Å². The van der Waals surface area contributed by atoms with Gasteiger partial charge < -0.3 is 4.90 Å². The molecule has 2 heterocycles. The van der Waals surface area contributed by atoms with E-state index in [0.717, 1.165) is 51.0 Å². The summed E-state index contributed by atoms with van der Waals surface area (Å²) in [4.78, 5) is 28.4. The second kappa shape index (κ2) is 8.00. The average Bonchev–Trinajstić information content (AvgIpc) is 2.67. The molecule has 1 unspecified atom stereocenters. The molecule has 2 aliphatic heterocycles. The number of amides is 1. The summed E-state index contributed by atoms with van der Waals surface area (Å²) in [6, 6.07) is 5.06. The Balaban J connectivity index is 1.64. The van der Waals surface area contributed by atoms with Gasteiger partial charge in [0.1, 0.15) is 0 Å². The van der Waals surface area contributed by atoms with Gasteiger partial charge in [-0.05, 0) is 44.4 Å². The third-order valence-electron chi connectivity index (χ3n) is 5.72. The predicted octanol–water partition coefficient (Wildman–Crippen LogP) is 3.61. The first-order chi connectivity index (χ1) is 12.8. The van der Waals surface area contributed by atoms with Gasteiger partial charge >= 0.3 is 6.18 Å². The van der Waals surface area contributed by atoms with E-state index in [1.807, 2.05) is 4.90 Å². The van der Waals surface area contributed by atoms with Gasteiger partial charge in [-0.2, -0.15) is 13.2 Å². The van der Waals surface area contributed by atoms with E-state index in [2.05, 4.69) is 4.90 Å². The second-order valence-electron chi connectivity index (χ2n) is 7.51. The van der Waals surface area contributed by atoms with E-state index in [-0.39, 0.29) is 23.2 Å². The largest absolute Gasteiger partial charge is 0.416 e. The van der Waals surface area contributed by atoms with Gasteiger partial charge in [0.15, 0.2) is 5.78 Å². The molecule has 1 aromatic rings. The van der Waals surface area contributed by atoms with Crippen LogP contribution in [0.15, 0.2) is 24.3 Å². The van der Waals surface area contributed by atoms with Crippen LogP contribution < -0.4 is 0 Å². The van der Waals surface area contributed by atoms with Crippen LogP contribution in [-0.4, -0.2) is 53.7 Å². The Hall–Kier alpha value is -1.89. The Kier molecular flexibility index (Phi) is 5.89. The van der Waals surface area contributed by atoms with E-state index in [1.54, 1.807) is 6.92 Å². The third kappa shape index (κ3) is 4.69. The number of rotatable bonds is 3. The summed E-state index contributed by atoms with van der Waals surface area (Å²) in [6.07, 6.45) is -1.12. The molecule has 0 bridgehead atoms. The molecular formula is C20H25F3N2O2. The zero-order valence-electron chi connectivity index (χ0n) is 15.5. The molecule has 1 atom stereocenters. The first kappa shape index (κ1) is 19.9. The maximum Gasteiger partial charge on any atom is 0.416 e. The van der Waals surface area contributed by atoms with Crippen molar-refractivity contribution in [3.8, 4) is 0 Å². The molecular weight excluding hydrogens is 357 g/mol. The van der Waals surface area contributed by atoms with Crippen LogP contribution in [0.25, 0.3) is 0 Å². The molecule has 7 heteroatoms. The number of Topliss-reactive ketones (excluding diaryl/α,β-unsaturated/α-hetero) is 1. The van der Waals surface area contributed by atoms with Crippen molar-refractivity contribution >= 4 is 11.7 Å². The fourth-order valence-electron chi connectivity index (χ4n) is 4.18. The first-order valence-corrected chi connectivity index (χ1v) is 9.46. The number of carbonyl (C=O) groups is 2. The van der Waals surface area contributed by atoms with Crippen molar-refractivity contribution in [2.24, 2.45) is 5.92 Å². The standard InChI is InChI=1S/C20H25F3N2O2/c1-14(26)24-10-7-18(8-11-24)25-9-3-5-16(13-25)19(27)15-4-2-6-17(12-15)20(21,22)23/h2,4,6,12,16,18H,3,5,7-11,13H2,1H3. The first-order valence-electron chi connectivity index (χ1n) is 9.46. The van der Waals surface area contributed by atoms with Crippen LogP contribution >= 0.6 is 0 Å². The van der Waals surface area contributed by atoms with Crippen molar-refractivity contribution < 1.29 is 22.8 Å². The summed E-state index contributed by atoms with van der Waals surface area (Å²) in [7, 11) is 0. The summed E-state index contributed by atoms with van der Waals surface area (Å²) < 4.78 is 38.8. The smallest absolute Gasteiger partial charge is 0.343 e. The SMILES string of the molecule is CC(=O)N1CCC(N2CCCC(C(=O)c3cccc(C(F)(F)F)c3)C2)CC1.